The number of allylic oxidation sites excluding steroid dienone is 1. The number of nitrogens with two attached hydrogens (primary N) is 1. The Balaban J connectivity index is 0.00000580. The number of sulfonamides is 1. The molecule has 16 nitrogen and oxygen atoms in total. The highest BCUT2D eigenvalue weighted by molar-refractivity contribution is 8.00. The summed E-state index contributed by atoms with van der Waals surface area (Å²) in [6.45, 7) is 0.340. The minimum atomic E-state index is -3.64. The molecule has 2 aromatic heterocycles. The molecule has 0 saturated carbocycles. The van der Waals surface area contributed by atoms with Gasteiger partial charge in [0, 0.05) is 38.1 Å². The van der Waals surface area contributed by atoms with Crippen molar-refractivity contribution in [1.29, 1.82) is 0 Å². The molecule has 55 heavy (non-hydrogen) atoms. The van der Waals surface area contributed by atoms with E-state index in [1.165, 1.54) is 37.0 Å². The van der Waals surface area contributed by atoms with E-state index in [1.54, 1.807) is 29.2 Å². The van der Waals surface area contributed by atoms with Gasteiger partial charge in [0.2, 0.25) is 15.9 Å². The van der Waals surface area contributed by atoms with Crippen LogP contribution < -0.4 is 21.7 Å². The Bertz CT molecular complexity index is 2050. The number of carbonyl (C=O) groups is 2. The van der Waals surface area contributed by atoms with Gasteiger partial charge in [-0.3, -0.25) is 4.79 Å². The fourth-order valence-corrected chi connectivity index (χ4v) is 8.66. The van der Waals surface area contributed by atoms with E-state index in [2.05, 4.69) is 36.6 Å². The maximum atomic E-state index is 14.1. The van der Waals surface area contributed by atoms with Crippen LogP contribution in [0.3, 0.4) is 0 Å². The van der Waals surface area contributed by atoms with Crippen LogP contribution in [0, 0.1) is 0 Å². The fourth-order valence-electron chi connectivity index (χ4n) is 6.22. The van der Waals surface area contributed by atoms with Crippen molar-refractivity contribution in [3.05, 3.63) is 95.3 Å². The Morgan fingerprint density at radius 1 is 1.11 bits per heavy atom. The van der Waals surface area contributed by atoms with Crippen LogP contribution in [0.15, 0.2) is 77.7 Å². The number of nitrogens with zero attached hydrogens (tertiary/aromatic N) is 7. The molecule has 2 fully saturated rings. The third kappa shape index (κ3) is 10.7. The Labute approximate surface area is 329 Å². The molecule has 5 N–H and O–H groups in total. The average molecular weight is 818 g/mol. The molecule has 2 aliphatic heterocycles. The Kier molecular flexibility index (Phi) is 14.4. The van der Waals surface area contributed by atoms with E-state index in [0.717, 1.165) is 40.6 Å². The van der Waals surface area contributed by atoms with Crippen molar-refractivity contribution >= 4 is 46.1 Å². The Morgan fingerprint density at radius 3 is 2.60 bits per heavy atom. The number of benzene rings is 2. The number of amides is 3. The van der Waals surface area contributed by atoms with Gasteiger partial charge in [-0.15, -0.1) is 22.6 Å². The highest BCUT2D eigenvalue weighted by Gasteiger charge is 2.42. The quantitative estimate of drug-likeness (QED) is 0.0849. The van der Waals surface area contributed by atoms with Crippen LogP contribution in [0.25, 0.3) is 5.69 Å². The van der Waals surface area contributed by atoms with Crippen LogP contribution in [0.5, 0.6) is 0 Å². The number of carbonyl (C=O) groups excluding carboxylic acids is 2. The lowest BCUT2D eigenvalue weighted by Crippen LogP contribution is -2.36. The number of urea groups is 1. The fraction of sp³-hybridized carbons (Fsp3) is 0.429. The maximum Gasteiger partial charge on any atom is 0.315 e. The van der Waals surface area contributed by atoms with Gasteiger partial charge in [-0.1, -0.05) is 41.1 Å². The molecule has 2 saturated heterocycles. The number of ether oxygens (including phenoxy) is 1. The monoisotopic (exact) mass is 817 g/mol. The molecule has 20 heteroatoms. The lowest BCUT2D eigenvalue weighted by atomic mass is 10.0. The third-order valence-corrected chi connectivity index (χ3v) is 12.5. The summed E-state index contributed by atoms with van der Waals surface area (Å²) in [7, 11) is -0.708. The summed E-state index contributed by atoms with van der Waals surface area (Å²) >= 11 is 1.87. The minimum Gasteiger partial charge on any atom is -0.362 e. The molecule has 0 bridgehead atoms. The summed E-state index contributed by atoms with van der Waals surface area (Å²) in [6, 6.07) is 14.1. The third-order valence-electron chi connectivity index (χ3n) is 9.14. The molecule has 2 aliphatic rings. The first-order chi connectivity index (χ1) is 26.0. The van der Waals surface area contributed by atoms with E-state index < -0.39 is 22.0 Å². The van der Waals surface area contributed by atoms with Crippen LogP contribution in [0.1, 0.15) is 54.3 Å². The molecular weight excluding hydrogens is 773 g/mol. The average Bonchev–Trinajstić information content (AvgIpc) is 3.96. The van der Waals surface area contributed by atoms with Gasteiger partial charge in [0.05, 0.1) is 54.8 Å². The summed E-state index contributed by atoms with van der Waals surface area (Å²) in [5.74, 6) is 0.423. The first kappa shape index (κ1) is 41.8. The van der Waals surface area contributed by atoms with E-state index in [4.69, 9.17) is 10.5 Å². The highest BCUT2D eigenvalue weighted by atomic mass is 35.5. The number of unbranched alkanes of at least 4 members (excludes halogenated alkanes) is 1. The van der Waals surface area contributed by atoms with Crippen LogP contribution in [0.4, 0.5) is 9.18 Å². The van der Waals surface area contributed by atoms with E-state index >= 15 is 0 Å². The number of fused-ring (bicyclic) bond motifs is 1. The van der Waals surface area contributed by atoms with Crippen molar-refractivity contribution in [2.45, 2.75) is 73.7 Å². The highest BCUT2D eigenvalue weighted by Crippen LogP contribution is 2.33. The molecule has 3 amide bonds. The second kappa shape index (κ2) is 19.0. The van der Waals surface area contributed by atoms with Gasteiger partial charge in [-0.05, 0) is 54.3 Å². The molecule has 0 spiro atoms. The normalized spacial score (nSPS) is 18.7. The smallest absolute Gasteiger partial charge is 0.315 e. The predicted octanol–water partition coefficient (Wildman–Crippen LogP) is 2.99. The van der Waals surface area contributed by atoms with E-state index in [0.29, 0.717) is 28.6 Å². The van der Waals surface area contributed by atoms with Crippen molar-refractivity contribution in [3.63, 3.8) is 0 Å². The summed E-state index contributed by atoms with van der Waals surface area (Å²) in [4.78, 5) is 24.2. The van der Waals surface area contributed by atoms with Crippen molar-refractivity contribution in [3.8, 4) is 5.69 Å². The zero-order chi connectivity index (χ0) is 38.2. The molecule has 1 unspecified atom stereocenters. The number of hydrogen-bond acceptors (Lipinski definition) is 11. The zero-order valence-electron chi connectivity index (χ0n) is 30.4. The van der Waals surface area contributed by atoms with Gasteiger partial charge >= 0.3 is 6.03 Å². The first-order valence-electron chi connectivity index (χ1n) is 17.5. The Hall–Kier alpha value is -4.40. The molecule has 296 valence electrons. The molecule has 0 radical (unpaired) electrons. The van der Waals surface area contributed by atoms with Gasteiger partial charge in [-0.2, -0.15) is 11.8 Å². The summed E-state index contributed by atoms with van der Waals surface area (Å²) in [5, 5.41) is 25.9. The van der Waals surface area contributed by atoms with Crippen LogP contribution in [0.2, 0.25) is 0 Å². The van der Waals surface area contributed by atoms with Crippen molar-refractivity contribution in [2.75, 3.05) is 26.4 Å². The second-order valence-corrected chi connectivity index (χ2v) is 16.7. The molecule has 4 heterocycles. The number of hydrogen-bond donors (Lipinski definition) is 4. The summed E-state index contributed by atoms with van der Waals surface area (Å²) < 4.78 is 49.8. The Morgan fingerprint density at radius 2 is 1.87 bits per heavy atom. The topological polar surface area (TPSA) is 204 Å². The first-order valence-corrected chi connectivity index (χ1v) is 20.0. The maximum absolute atomic E-state index is 14.1. The number of nitrogens with one attached hydrogen (secondary N) is 3. The van der Waals surface area contributed by atoms with E-state index in [-0.39, 0.29) is 67.6 Å². The number of aromatic nitrogens is 6. The number of rotatable bonds is 18. The minimum absolute atomic E-state index is 0. The standard InChI is InChI=1S/C35H44FN11O5S2.ClH/c1-45(2)54(50,51)28-13-9-24(10-14-28)34(29-20-46(43-42-29)18-25(36)15-16-37)52-21-23-7-11-27(12-8-23)47-19-26(41-44-47)17-38-32(48)6-4-3-5-31-33-30(22-53-31)39-35(49)40-33;/h7-15,19-20,30-31,33-34H,3-6,16-18,21-22,37H2,1-2H3,(H,38,48)(H2,39,40,49);1H/b25-15-;/t30-,31-,33-,34?;/m0./s1. The van der Waals surface area contributed by atoms with Crippen molar-refractivity contribution < 1.29 is 27.1 Å². The van der Waals surface area contributed by atoms with Crippen molar-refractivity contribution in [1.82, 2.24) is 50.2 Å². The van der Waals surface area contributed by atoms with Gasteiger partial charge in [0.15, 0.2) is 0 Å². The van der Waals surface area contributed by atoms with Gasteiger partial charge in [0.1, 0.15) is 23.3 Å². The largest absolute Gasteiger partial charge is 0.362 e. The van der Waals surface area contributed by atoms with Crippen LogP contribution in [-0.4, -0.2) is 98.4 Å². The van der Waals surface area contributed by atoms with E-state index in [9.17, 15) is 22.4 Å². The molecule has 2 aromatic carbocycles. The summed E-state index contributed by atoms with van der Waals surface area (Å²) in [5.41, 5.74) is 8.68. The SMILES string of the molecule is CN(C)S(=O)(=O)c1ccc(C(OCc2ccc(-n3cc(CNC(=O)CCCC[C@@H]4SC[C@@H]5NC(=O)N[C@@H]54)nn3)cc2)c2cn(C/C(F)=C/CN)nn2)cc1.Cl. The summed E-state index contributed by atoms with van der Waals surface area (Å²) in [6.07, 6.45) is 6.91. The molecular formula is C35H45ClFN11O5S2. The van der Waals surface area contributed by atoms with E-state index in [1.807, 2.05) is 36.0 Å². The second-order valence-electron chi connectivity index (χ2n) is 13.2. The zero-order valence-corrected chi connectivity index (χ0v) is 32.8. The molecule has 6 rings (SSSR count). The molecule has 4 atom stereocenters. The van der Waals surface area contributed by atoms with Crippen LogP contribution in [-0.2, 0) is 39.3 Å². The lowest BCUT2D eigenvalue weighted by molar-refractivity contribution is -0.121. The van der Waals surface area contributed by atoms with Gasteiger partial charge < -0.3 is 26.4 Å². The molecule has 0 aliphatic carbocycles. The number of halogens is 2. The van der Waals surface area contributed by atoms with Gasteiger partial charge in [-0.25, -0.2) is 31.3 Å². The predicted molar refractivity (Wildman–Crippen MR) is 207 cm³/mol. The molecule has 4 aromatic rings. The van der Waals surface area contributed by atoms with Crippen molar-refractivity contribution in [2.24, 2.45) is 5.73 Å². The van der Waals surface area contributed by atoms with Crippen LogP contribution >= 0.6 is 24.2 Å². The lowest BCUT2D eigenvalue weighted by Gasteiger charge is -2.18. The number of thioether (sulfide) groups is 1. The van der Waals surface area contributed by atoms with Gasteiger partial charge in [0.25, 0.3) is 0 Å².